The van der Waals surface area contributed by atoms with Crippen LogP contribution in [0.15, 0.2) is 51.9 Å². The molecule has 0 atom stereocenters. The Morgan fingerprint density at radius 1 is 1.19 bits per heavy atom. The lowest BCUT2D eigenvalue weighted by molar-refractivity contribution is 0.0529. The molecule has 3 rings (SSSR count). The van der Waals surface area contributed by atoms with E-state index in [1.165, 1.54) is 43.0 Å². The van der Waals surface area contributed by atoms with Gasteiger partial charge in [-0.15, -0.1) is 11.8 Å². The van der Waals surface area contributed by atoms with Crippen LogP contribution in [-0.4, -0.2) is 23.5 Å². The number of benzene rings is 2. The molecule has 8 heteroatoms. The predicted octanol–water partition coefficient (Wildman–Crippen LogP) is 5.53. The second kappa shape index (κ2) is 8.54. The summed E-state index contributed by atoms with van der Waals surface area (Å²) in [5.74, 6) is -1.12. The fraction of sp³-hybridized carbons (Fsp3) is 0.158. The summed E-state index contributed by atoms with van der Waals surface area (Å²) in [6, 6.07) is 10.5. The van der Waals surface area contributed by atoms with E-state index in [1.807, 2.05) is 0 Å². The molecule has 0 N–H and O–H groups in total. The number of thioether (sulfide) groups is 1. The summed E-state index contributed by atoms with van der Waals surface area (Å²) in [4.78, 5) is 12.9. The van der Waals surface area contributed by atoms with Crippen LogP contribution in [-0.2, 0) is 4.74 Å². The minimum Gasteiger partial charge on any atom is -0.461 e. The number of halogens is 3. The summed E-state index contributed by atoms with van der Waals surface area (Å²) in [5.41, 5.74) is -0.0241. The van der Waals surface area contributed by atoms with Gasteiger partial charge in [-0.3, -0.25) is 0 Å². The van der Waals surface area contributed by atoms with E-state index in [0.717, 1.165) is 0 Å². The van der Waals surface area contributed by atoms with Crippen molar-refractivity contribution in [2.45, 2.75) is 11.8 Å². The van der Waals surface area contributed by atoms with Crippen LogP contribution in [0.5, 0.6) is 0 Å². The molecule has 0 radical (unpaired) electrons. The van der Waals surface area contributed by atoms with Gasteiger partial charge in [-0.2, -0.15) is 0 Å². The molecular weight excluding hydrogens is 396 g/mol. The Kier molecular flexibility index (Phi) is 6.13. The fourth-order valence-electron chi connectivity index (χ4n) is 2.43. The van der Waals surface area contributed by atoms with Crippen LogP contribution in [0.2, 0.25) is 5.02 Å². The molecule has 0 saturated heterocycles. The van der Waals surface area contributed by atoms with E-state index in [9.17, 15) is 13.6 Å². The van der Waals surface area contributed by atoms with Crippen LogP contribution in [0, 0.1) is 18.6 Å². The lowest BCUT2D eigenvalue weighted by atomic mass is 10.1. The highest BCUT2D eigenvalue weighted by molar-refractivity contribution is 7.99. The van der Waals surface area contributed by atoms with Crippen molar-refractivity contribution in [3.05, 3.63) is 70.4 Å². The molecule has 0 fully saturated rings. The molecule has 0 aliphatic carbocycles. The molecule has 140 valence electrons. The summed E-state index contributed by atoms with van der Waals surface area (Å²) in [6.07, 6.45) is 0. The molecular formula is C19H14ClF2NO3S. The topological polar surface area (TPSA) is 52.3 Å². The zero-order valence-electron chi connectivity index (χ0n) is 14.2. The molecule has 1 aromatic heterocycles. The van der Waals surface area contributed by atoms with Crippen molar-refractivity contribution in [3.8, 4) is 11.3 Å². The molecule has 0 amide bonds. The molecule has 3 aromatic rings. The highest BCUT2D eigenvalue weighted by atomic mass is 35.5. The van der Waals surface area contributed by atoms with Gasteiger partial charge in [0.2, 0.25) is 0 Å². The average Bonchev–Trinajstić information content (AvgIpc) is 3.01. The van der Waals surface area contributed by atoms with E-state index in [0.29, 0.717) is 10.6 Å². The van der Waals surface area contributed by atoms with Crippen molar-refractivity contribution >= 4 is 29.3 Å². The van der Waals surface area contributed by atoms with Gasteiger partial charge in [-0.05, 0) is 31.2 Å². The summed E-state index contributed by atoms with van der Waals surface area (Å²) in [5, 5.41) is 3.87. The van der Waals surface area contributed by atoms with Gasteiger partial charge in [0, 0.05) is 10.6 Å². The number of aromatic nitrogens is 1. The maximum atomic E-state index is 14.2. The molecule has 2 aromatic carbocycles. The number of carbonyl (C=O) groups excluding carboxylic acids is 1. The molecule has 4 nitrogen and oxygen atoms in total. The number of rotatable bonds is 6. The number of esters is 1. The van der Waals surface area contributed by atoms with Gasteiger partial charge in [0.15, 0.2) is 0 Å². The lowest BCUT2D eigenvalue weighted by Crippen LogP contribution is -2.10. The first-order valence-electron chi connectivity index (χ1n) is 7.94. The normalized spacial score (nSPS) is 10.8. The molecule has 0 aliphatic heterocycles. The van der Waals surface area contributed by atoms with Crippen molar-refractivity contribution in [2.75, 3.05) is 12.4 Å². The van der Waals surface area contributed by atoms with Gasteiger partial charge in [0.05, 0.1) is 10.6 Å². The minimum absolute atomic E-state index is 0.0117. The van der Waals surface area contributed by atoms with Gasteiger partial charge in [-0.1, -0.05) is 35.0 Å². The molecule has 0 saturated carbocycles. The molecule has 27 heavy (non-hydrogen) atoms. The first-order valence-corrected chi connectivity index (χ1v) is 9.30. The third kappa shape index (κ3) is 4.31. The number of aryl methyl sites for hydroxylation is 1. The molecule has 1 heterocycles. The Morgan fingerprint density at radius 2 is 1.93 bits per heavy atom. The molecule has 0 unspecified atom stereocenters. The van der Waals surface area contributed by atoms with E-state index in [4.69, 9.17) is 20.9 Å². The standard InChI is InChI=1S/C19H14ClF2NO3S/c1-11-16(18(23-26-11)17-12(20)5-4-7-14(17)22)19(24)25-9-10-27-15-8-3-2-6-13(15)21/h2-8H,9-10H2,1H3. The fourth-order valence-corrected chi connectivity index (χ4v) is 3.45. The second-order valence-electron chi connectivity index (χ2n) is 5.47. The third-order valence-corrected chi connectivity index (χ3v) is 5.00. The zero-order valence-corrected chi connectivity index (χ0v) is 15.7. The van der Waals surface area contributed by atoms with E-state index in [-0.39, 0.29) is 40.0 Å². The predicted molar refractivity (Wildman–Crippen MR) is 99.1 cm³/mol. The monoisotopic (exact) mass is 409 g/mol. The molecule has 0 bridgehead atoms. The van der Waals surface area contributed by atoms with Crippen LogP contribution >= 0.6 is 23.4 Å². The van der Waals surface area contributed by atoms with E-state index in [2.05, 4.69) is 5.16 Å². The first kappa shape index (κ1) is 19.4. The molecule has 0 aliphatic rings. The SMILES string of the molecule is Cc1onc(-c2c(F)cccc2Cl)c1C(=O)OCCSc1ccccc1F. The van der Waals surface area contributed by atoms with Gasteiger partial charge < -0.3 is 9.26 Å². The number of hydrogen-bond donors (Lipinski definition) is 0. The van der Waals surface area contributed by atoms with E-state index >= 15 is 0 Å². The average molecular weight is 410 g/mol. The summed E-state index contributed by atoms with van der Waals surface area (Å²) in [7, 11) is 0. The van der Waals surface area contributed by atoms with E-state index in [1.54, 1.807) is 18.2 Å². The number of nitrogens with zero attached hydrogens (tertiary/aromatic N) is 1. The van der Waals surface area contributed by atoms with E-state index < -0.39 is 11.8 Å². The quantitative estimate of drug-likeness (QED) is 0.304. The third-order valence-electron chi connectivity index (χ3n) is 3.68. The Labute approximate surface area is 163 Å². The van der Waals surface area contributed by atoms with Gasteiger partial charge in [-0.25, -0.2) is 13.6 Å². The van der Waals surface area contributed by atoms with Gasteiger partial charge in [0.25, 0.3) is 0 Å². The van der Waals surface area contributed by atoms with Crippen LogP contribution in [0.25, 0.3) is 11.3 Å². The van der Waals surface area contributed by atoms with Gasteiger partial charge in [0.1, 0.15) is 35.3 Å². The minimum atomic E-state index is -0.711. The maximum absolute atomic E-state index is 14.2. The highest BCUT2D eigenvalue weighted by Crippen LogP contribution is 2.33. The first-order chi connectivity index (χ1) is 13.0. The van der Waals surface area contributed by atoms with Crippen LogP contribution < -0.4 is 0 Å². The molecule has 0 spiro atoms. The summed E-state index contributed by atoms with van der Waals surface area (Å²) < 4.78 is 38.0. The Balaban J connectivity index is 1.71. The van der Waals surface area contributed by atoms with Crippen molar-refractivity contribution in [3.63, 3.8) is 0 Å². The van der Waals surface area contributed by atoms with Crippen molar-refractivity contribution in [1.82, 2.24) is 5.16 Å². The van der Waals surface area contributed by atoms with Crippen molar-refractivity contribution < 1.29 is 22.8 Å². The second-order valence-corrected chi connectivity index (χ2v) is 7.02. The zero-order chi connectivity index (χ0) is 19.4. The Hall–Kier alpha value is -2.38. The van der Waals surface area contributed by atoms with Crippen molar-refractivity contribution in [1.29, 1.82) is 0 Å². The summed E-state index contributed by atoms with van der Waals surface area (Å²) in [6.45, 7) is 1.56. The highest BCUT2D eigenvalue weighted by Gasteiger charge is 2.26. The van der Waals surface area contributed by atoms with Crippen molar-refractivity contribution in [2.24, 2.45) is 0 Å². The lowest BCUT2D eigenvalue weighted by Gasteiger charge is -2.07. The van der Waals surface area contributed by atoms with Crippen LogP contribution in [0.1, 0.15) is 16.1 Å². The summed E-state index contributed by atoms with van der Waals surface area (Å²) >= 11 is 7.27. The Morgan fingerprint density at radius 3 is 2.67 bits per heavy atom. The largest absolute Gasteiger partial charge is 0.461 e. The maximum Gasteiger partial charge on any atom is 0.344 e. The number of hydrogen-bond acceptors (Lipinski definition) is 5. The smallest absolute Gasteiger partial charge is 0.344 e. The number of carbonyl (C=O) groups is 1. The van der Waals surface area contributed by atoms with Crippen LogP contribution in [0.3, 0.4) is 0 Å². The number of ether oxygens (including phenoxy) is 1. The van der Waals surface area contributed by atoms with Gasteiger partial charge >= 0.3 is 5.97 Å². The Bertz CT molecular complexity index is 957. The van der Waals surface area contributed by atoms with Crippen LogP contribution in [0.4, 0.5) is 8.78 Å².